The molecule has 1 saturated heterocycles. The maximum absolute atomic E-state index is 13.1. The molecule has 0 bridgehead atoms. The molecule has 1 aliphatic rings. The predicted molar refractivity (Wildman–Crippen MR) is 78.5 cm³/mol. The summed E-state index contributed by atoms with van der Waals surface area (Å²) in [5, 5.41) is 6.98. The Bertz CT molecular complexity index is 558. The molecule has 112 valence electrons. The summed E-state index contributed by atoms with van der Waals surface area (Å²) in [5.74, 6) is 0.850. The Labute approximate surface area is 123 Å². The van der Waals surface area contributed by atoms with E-state index in [0.29, 0.717) is 18.3 Å². The summed E-state index contributed by atoms with van der Waals surface area (Å²) in [7, 11) is 0. The van der Waals surface area contributed by atoms with E-state index in [0.717, 1.165) is 31.7 Å². The maximum atomic E-state index is 13.1. The molecular formula is C16H20FN3O. The minimum atomic E-state index is -0.253. The van der Waals surface area contributed by atoms with Crippen LogP contribution in [-0.4, -0.2) is 34.8 Å². The zero-order valence-electron chi connectivity index (χ0n) is 12.0. The first-order valence-corrected chi connectivity index (χ1v) is 7.38. The zero-order valence-corrected chi connectivity index (χ0v) is 12.0. The van der Waals surface area contributed by atoms with E-state index in [-0.39, 0.29) is 5.82 Å². The molecule has 5 heteroatoms. The van der Waals surface area contributed by atoms with Gasteiger partial charge in [-0.1, -0.05) is 6.07 Å². The van der Waals surface area contributed by atoms with E-state index < -0.39 is 0 Å². The number of piperidine rings is 1. The second kappa shape index (κ2) is 6.72. The van der Waals surface area contributed by atoms with Crippen LogP contribution in [0.3, 0.4) is 0 Å². The van der Waals surface area contributed by atoms with Crippen molar-refractivity contribution in [1.29, 1.82) is 0 Å². The van der Waals surface area contributed by atoms with E-state index in [1.165, 1.54) is 18.6 Å². The first-order chi connectivity index (χ1) is 10.3. The topological polar surface area (TPSA) is 41.1 Å². The van der Waals surface area contributed by atoms with E-state index in [2.05, 4.69) is 15.1 Å². The number of rotatable bonds is 5. The van der Waals surface area contributed by atoms with Gasteiger partial charge in [-0.3, -0.25) is 10.00 Å². The molecule has 0 aliphatic carbocycles. The lowest BCUT2D eigenvalue weighted by Crippen LogP contribution is -2.37. The Balaban J connectivity index is 1.49. The maximum Gasteiger partial charge on any atom is 0.126 e. The molecule has 1 N–H and O–H groups in total. The lowest BCUT2D eigenvalue weighted by Gasteiger charge is -2.32. The highest BCUT2D eigenvalue weighted by Gasteiger charge is 2.20. The van der Waals surface area contributed by atoms with Crippen molar-refractivity contribution in [3.63, 3.8) is 0 Å². The third-order valence-electron chi connectivity index (χ3n) is 3.84. The number of likely N-dealkylation sites (tertiary alicyclic amines) is 1. The molecule has 2 aromatic rings. The Kier molecular flexibility index (Phi) is 4.50. The Morgan fingerprint density at radius 2 is 2.33 bits per heavy atom. The summed E-state index contributed by atoms with van der Waals surface area (Å²) in [6.45, 7) is 3.66. The average molecular weight is 289 g/mol. The van der Waals surface area contributed by atoms with Crippen molar-refractivity contribution < 1.29 is 9.13 Å². The van der Waals surface area contributed by atoms with Crippen LogP contribution in [0.25, 0.3) is 0 Å². The van der Waals surface area contributed by atoms with E-state index in [9.17, 15) is 4.39 Å². The largest absolute Gasteiger partial charge is 0.493 e. The van der Waals surface area contributed by atoms with Gasteiger partial charge < -0.3 is 4.74 Å². The molecule has 0 unspecified atom stereocenters. The first kappa shape index (κ1) is 14.1. The summed E-state index contributed by atoms with van der Waals surface area (Å²) in [6.07, 6.45) is 4.12. The molecule has 0 saturated carbocycles. The summed E-state index contributed by atoms with van der Waals surface area (Å²) >= 11 is 0. The van der Waals surface area contributed by atoms with Crippen LogP contribution in [0, 0.1) is 11.7 Å². The molecule has 1 aliphatic heterocycles. The number of benzene rings is 1. The normalized spacial score (nSPS) is 19.6. The molecule has 1 fully saturated rings. The second-order valence-corrected chi connectivity index (χ2v) is 5.59. The number of halogens is 1. The molecule has 1 aromatic carbocycles. The van der Waals surface area contributed by atoms with Gasteiger partial charge in [0.25, 0.3) is 0 Å². The Morgan fingerprint density at radius 3 is 3.14 bits per heavy atom. The monoisotopic (exact) mass is 289 g/mol. The third kappa shape index (κ3) is 4.04. The van der Waals surface area contributed by atoms with Gasteiger partial charge in [0.15, 0.2) is 0 Å². The number of aromatic amines is 1. The molecule has 2 heterocycles. The summed E-state index contributed by atoms with van der Waals surface area (Å²) < 4.78 is 18.8. The number of nitrogens with zero attached hydrogens (tertiary/aromatic N) is 2. The van der Waals surface area contributed by atoms with Crippen LogP contribution in [0.2, 0.25) is 0 Å². The van der Waals surface area contributed by atoms with Crippen LogP contribution in [0.1, 0.15) is 18.5 Å². The lowest BCUT2D eigenvalue weighted by atomic mass is 9.99. The highest BCUT2D eigenvalue weighted by atomic mass is 19.1. The van der Waals surface area contributed by atoms with Gasteiger partial charge in [-0.05, 0) is 37.6 Å². The fraction of sp³-hybridized carbons (Fsp3) is 0.438. The van der Waals surface area contributed by atoms with Crippen molar-refractivity contribution in [2.75, 3.05) is 19.7 Å². The fourth-order valence-corrected chi connectivity index (χ4v) is 2.82. The van der Waals surface area contributed by atoms with E-state index >= 15 is 0 Å². The standard InChI is InChI=1S/C16H20FN3O/c17-14-4-1-5-16(9-14)21-12-13-3-2-8-20(10-13)11-15-6-7-18-19-15/h1,4-7,9,13H,2-3,8,10-12H2,(H,18,19)/t13-/m0/s1. The van der Waals surface area contributed by atoms with Gasteiger partial charge in [-0.2, -0.15) is 5.10 Å². The van der Waals surface area contributed by atoms with Gasteiger partial charge in [0.2, 0.25) is 0 Å². The fourth-order valence-electron chi connectivity index (χ4n) is 2.82. The van der Waals surface area contributed by atoms with Crippen LogP contribution in [-0.2, 0) is 6.54 Å². The van der Waals surface area contributed by atoms with Crippen molar-refractivity contribution in [2.45, 2.75) is 19.4 Å². The Hall–Kier alpha value is -1.88. The molecule has 21 heavy (non-hydrogen) atoms. The number of nitrogens with one attached hydrogen (secondary N) is 1. The number of H-pyrrole nitrogens is 1. The predicted octanol–water partition coefficient (Wildman–Crippen LogP) is 2.84. The van der Waals surface area contributed by atoms with Crippen molar-refractivity contribution in [1.82, 2.24) is 15.1 Å². The number of aromatic nitrogens is 2. The van der Waals surface area contributed by atoms with Crippen LogP contribution in [0.5, 0.6) is 5.75 Å². The van der Waals surface area contributed by atoms with Crippen molar-refractivity contribution in [3.8, 4) is 5.75 Å². The molecule has 0 amide bonds. The smallest absolute Gasteiger partial charge is 0.126 e. The van der Waals surface area contributed by atoms with Crippen LogP contribution < -0.4 is 4.74 Å². The lowest BCUT2D eigenvalue weighted by molar-refractivity contribution is 0.124. The second-order valence-electron chi connectivity index (χ2n) is 5.59. The highest BCUT2D eigenvalue weighted by molar-refractivity contribution is 5.22. The van der Waals surface area contributed by atoms with Crippen molar-refractivity contribution in [3.05, 3.63) is 48.0 Å². The van der Waals surface area contributed by atoms with Gasteiger partial charge in [-0.15, -0.1) is 0 Å². The van der Waals surface area contributed by atoms with Crippen LogP contribution >= 0.6 is 0 Å². The van der Waals surface area contributed by atoms with E-state index in [1.807, 2.05) is 6.07 Å². The minimum Gasteiger partial charge on any atom is -0.493 e. The highest BCUT2D eigenvalue weighted by Crippen LogP contribution is 2.20. The first-order valence-electron chi connectivity index (χ1n) is 7.38. The molecular weight excluding hydrogens is 269 g/mol. The molecule has 1 atom stereocenters. The number of hydrogen-bond donors (Lipinski definition) is 1. The van der Waals surface area contributed by atoms with Gasteiger partial charge in [-0.25, -0.2) is 4.39 Å². The summed E-state index contributed by atoms with van der Waals surface area (Å²) in [4.78, 5) is 2.41. The molecule has 0 radical (unpaired) electrons. The van der Waals surface area contributed by atoms with Gasteiger partial charge >= 0.3 is 0 Å². The minimum absolute atomic E-state index is 0.253. The zero-order chi connectivity index (χ0) is 14.5. The van der Waals surface area contributed by atoms with Gasteiger partial charge in [0, 0.05) is 37.0 Å². The van der Waals surface area contributed by atoms with Gasteiger partial charge in [0.1, 0.15) is 11.6 Å². The van der Waals surface area contributed by atoms with E-state index in [4.69, 9.17) is 4.74 Å². The Morgan fingerprint density at radius 1 is 1.38 bits per heavy atom. The molecule has 3 rings (SSSR count). The quantitative estimate of drug-likeness (QED) is 0.920. The van der Waals surface area contributed by atoms with Gasteiger partial charge in [0.05, 0.1) is 6.61 Å². The SMILES string of the molecule is Fc1cccc(OC[C@H]2CCCN(Cc3ccn[nH]3)C2)c1. The van der Waals surface area contributed by atoms with Crippen LogP contribution in [0.4, 0.5) is 4.39 Å². The molecule has 0 spiro atoms. The average Bonchev–Trinajstić information content (AvgIpc) is 2.99. The molecule has 1 aromatic heterocycles. The summed E-state index contributed by atoms with van der Waals surface area (Å²) in [5.41, 5.74) is 1.14. The number of ether oxygens (including phenoxy) is 1. The summed E-state index contributed by atoms with van der Waals surface area (Å²) in [6, 6.07) is 8.35. The number of hydrogen-bond acceptors (Lipinski definition) is 3. The van der Waals surface area contributed by atoms with Crippen LogP contribution in [0.15, 0.2) is 36.5 Å². The van der Waals surface area contributed by atoms with Crippen molar-refractivity contribution in [2.24, 2.45) is 5.92 Å². The molecule has 4 nitrogen and oxygen atoms in total. The van der Waals surface area contributed by atoms with Crippen molar-refractivity contribution >= 4 is 0 Å². The third-order valence-corrected chi connectivity index (χ3v) is 3.84. The van der Waals surface area contributed by atoms with E-state index in [1.54, 1.807) is 18.3 Å².